The van der Waals surface area contributed by atoms with Crippen molar-refractivity contribution in [2.75, 3.05) is 32.8 Å². The molecule has 2 aliphatic rings. The minimum absolute atomic E-state index is 0.350. The van der Waals surface area contributed by atoms with E-state index in [-0.39, 0.29) is 0 Å². The van der Waals surface area contributed by atoms with Crippen molar-refractivity contribution < 1.29 is 4.79 Å². The van der Waals surface area contributed by atoms with Gasteiger partial charge in [0.15, 0.2) is 0 Å². The third-order valence-corrected chi connectivity index (χ3v) is 5.37. The van der Waals surface area contributed by atoms with Gasteiger partial charge in [0.05, 0.1) is 6.67 Å². The molecule has 0 aromatic rings. The van der Waals surface area contributed by atoms with Crippen molar-refractivity contribution in [2.24, 2.45) is 17.8 Å². The maximum Gasteiger partial charge on any atom is 0.135 e. The molecule has 3 nitrogen and oxygen atoms in total. The van der Waals surface area contributed by atoms with Gasteiger partial charge in [-0.25, -0.2) is 0 Å². The highest BCUT2D eigenvalue weighted by Gasteiger charge is 2.26. The lowest BCUT2D eigenvalue weighted by Crippen LogP contribution is -2.46. The van der Waals surface area contributed by atoms with E-state index in [1.807, 2.05) is 6.92 Å². The molecule has 0 saturated carbocycles. The molecule has 2 heterocycles. The van der Waals surface area contributed by atoms with Crippen molar-refractivity contribution in [2.45, 2.75) is 52.9 Å². The van der Waals surface area contributed by atoms with Gasteiger partial charge in [-0.1, -0.05) is 20.8 Å². The van der Waals surface area contributed by atoms with Crippen molar-refractivity contribution in [3.8, 4) is 0 Å². The number of hydrogen-bond acceptors (Lipinski definition) is 3. The summed E-state index contributed by atoms with van der Waals surface area (Å²) in [6.07, 6.45) is 5.60. The van der Waals surface area contributed by atoms with Crippen LogP contribution in [-0.2, 0) is 4.79 Å². The summed E-state index contributed by atoms with van der Waals surface area (Å²) in [7, 11) is 0. The molecule has 0 aromatic carbocycles. The van der Waals surface area contributed by atoms with Gasteiger partial charge in [0.25, 0.3) is 0 Å². The van der Waals surface area contributed by atoms with Crippen LogP contribution in [0.15, 0.2) is 0 Å². The number of piperidine rings is 2. The summed E-state index contributed by atoms with van der Waals surface area (Å²) in [5, 5.41) is 0. The van der Waals surface area contributed by atoms with Crippen molar-refractivity contribution >= 4 is 5.78 Å². The lowest BCUT2D eigenvalue weighted by atomic mass is 9.87. The summed E-state index contributed by atoms with van der Waals surface area (Å²) in [6, 6.07) is 0. The molecule has 2 saturated heterocycles. The second kappa shape index (κ2) is 7.56. The number of nitrogens with zero attached hydrogens (tertiary/aromatic N) is 2. The maximum atomic E-state index is 11.7. The van der Waals surface area contributed by atoms with E-state index in [0.29, 0.717) is 18.1 Å². The zero-order valence-corrected chi connectivity index (χ0v) is 13.6. The Bertz CT molecular complexity index is 300. The molecule has 20 heavy (non-hydrogen) atoms. The van der Waals surface area contributed by atoms with Crippen LogP contribution in [0.5, 0.6) is 0 Å². The number of Topliss-reactive ketones (excluding diaryl/α,β-unsaturated/α-hetero) is 1. The Kier molecular flexibility index (Phi) is 6.03. The van der Waals surface area contributed by atoms with E-state index in [2.05, 4.69) is 23.6 Å². The Morgan fingerprint density at radius 1 is 1.00 bits per heavy atom. The molecule has 2 fully saturated rings. The lowest BCUT2D eigenvalue weighted by molar-refractivity contribution is -0.124. The van der Waals surface area contributed by atoms with Crippen LogP contribution in [0.2, 0.25) is 0 Å². The van der Waals surface area contributed by atoms with Crippen LogP contribution in [0.25, 0.3) is 0 Å². The minimum atomic E-state index is 0.350. The highest BCUT2D eigenvalue weighted by molar-refractivity contribution is 5.80. The molecule has 2 rings (SSSR count). The normalized spacial score (nSPS) is 24.4. The summed E-state index contributed by atoms with van der Waals surface area (Å²) < 4.78 is 0. The number of likely N-dealkylation sites (tertiary alicyclic amines) is 2. The smallest absolute Gasteiger partial charge is 0.135 e. The van der Waals surface area contributed by atoms with E-state index < -0.39 is 0 Å². The summed E-state index contributed by atoms with van der Waals surface area (Å²) in [4.78, 5) is 16.9. The number of carbonyl (C=O) groups is 1. The molecule has 0 radical (unpaired) electrons. The average Bonchev–Trinajstić information content (AvgIpc) is 2.48. The topological polar surface area (TPSA) is 23.6 Å². The second-order valence-corrected chi connectivity index (χ2v) is 7.05. The molecule has 0 amide bonds. The first-order valence-electron chi connectivity index (χ1n) is 8.57. The van der Waals surface area contributed by atoms with Crippen LogP contribution < -0.4 is 0 Å². The Hall–Kier alpha value is -0.410. The first-order chi connectivity index (χ1) is 9.60. The van der Waals surface area contributed by atoms with Crippen LogP contribution in [0.3, 0.4) is 0 Å². The van der Waals surface area contributed by atoms with Crippen LogP contribution in [0, 0.1) is 17.8 Å². The van der Waals surface area contributed by atoms with E-state index >= 15 is 0 Å². The van der Waals surface area contributed by atoms with Crippen LogP contribution in [0.4, 0.5) is 0 Å². The zero-order valence-electron chi connectivity index (χ0n) is 13.6. The highest BCUT2D eigenvalue weighted by atomic mass is 16.1. The number of hydrogen-bond donors (Lipinski definition) is 0. The molecule has 0 aliphatic carbocycles. The minimum Gasteiger partial charge on any atom is -0.299 e. The van der Waals surface area contributed by atoms with Gasteiger partial charge in [0, 0.05) is 25.4 Å². The SMILES string of the molecule is CCC(=O)C1CCN(CN2CCC(C(C)C)CC2)CC1. The van der Waals surface area contributed by atoms with Crippen molar-refractivity contribution in [1.29, 1.82) is 0 Å². The van der Waals surface area contributed by atoms with Gasteiger partial charge in [-0.3, -0.25) is 14.6 Å². The van der Waals surface area contributed by atoms with Gasteiger partial charge in [-0.15, -0.1) is 0 Å². The van der Waals surface area contributed by atoms with Crippen molar-refractivity contribution in [3.05, 3.63) is 0 Å². The van der Waals surface area contributed by atoms with Crippen LogP contribution >= 0.6 is 0 Å². The second-order valence-electron chi connectivity index (χ2n) is 7.05. The van der Waals surface area contributed by atoms with Gasteiger partial charge < -0.3 is 0 Å². The Morgan fingerprint density at radius 2 is 1.50 bits per heavy atom. The van der Waals surface area contributed by atoms with Crippen LogP contribution in [-0.4, -0.2) is 48.4 Å². The van der Waals surface area contributed by atoms with Gasteiger partial charge in [-0.05, 0) is 50.6 Å². The monoisotopic (exact) mass is 280 g/mol. The summed E-state index contributed by atoms with van der Waals surface area (Å²) in [6.45, 7) is 12.6. The third kappa shape index (κ3) is 4.29. The van der Waals surface area contributed by atoms with Gasteiger partial charge in [-0.2, -0.15) is 0 Å². The first-order valence-corrected chi connectivity index (χ1v) is 8.57. The molecule has 116 valence electrons. The number of rotatable bonds is 5. The van der Waals surface area contributed by atoms with E-state index in [1.54, 1.807) is 0 Å². The van der Waals surface area contributed by atoms with Crippen molar-refractivity contribution in [1.82, 2.24) is 9.80 Å². The third-order valence-electron chi connectivity index (χ3n) is 5.37. The molecule has 0 aromatic heterocycles. The predicted octanol–water partition coefficient (Wildman–Crippen LogP) is 3.00. The fraction of sp³-hybridized carbons (Fsp3) is 0.941. The van der Waals surface area contributed by atoms with Gasteiger partial charge in [0.1, 0.15) is 5.78 Å². The summed E-state index contributed by atoms with van der Waals surface area (Å²) >= 11 is 0. The molecule has 0 bridgehead atoms. The Morgan fingerprint density at radius 3 is 1.95 bits per heavy atom. The molecule has 0 atom stereocenters. The number of ketones is 1. The maximum absolute atomic E-state index is 11.7. The summed E-state index contributed by atoms with van der Waals surface area (Å²) in [5.74, 6) is 2.59. The van der Waals surface area contributed by atoms with Gasteiger partial charge >= 0.3 is 0 Å². The standard InChI is InChI=1S/C17H32N2O/c1-4-17(20)16-7-11-19(12-8-16)13-18-9-5-15(6-10-18)14(2)3/h14-16H,4-13H2,1-3H3. The van der Waals surface area contributed by atoms with Crippen LogP contribution in [0.1, 0.15) is 52.9 Å². The Labute approximate surface area is 124 Å². The van der Waals surface area contributed by atoms with Gasteiger partial charge in [0.2, 0.25) is 0 Å². The number of carbonyl (C=O) groups excluding carboxylic acids is 1. The fourth-order valence-corrected chi connectivity index (χ4v) is 3.73. The van der Waals surface area contributed by atoms with E-state index in [9.17, 15) is 4.79 Å². The van der Waals surface area contributed by atoms with E-state index in [1.165, 1.54) is 25.9 Å². The predicted molar refractivity (Wildman–Crippen MR) is 83.6 cm³/mol. The molecule has 0 N–H and O–H groups in total. The molecule has 2 aliphatic heterocycles. The largest absolute Gasteiger partial charge is 0.299 e. The molecule has 3 heteroatoms. The molecule has 0 spiro atoms. The average molecular weight is 280 g/mol. The highest BCUT2D eigenvalue weighted by Crippen LogP contribution is 2.25. The zero-order chi connectivity index (χ0) is 14.5. The molecular weight excluding hydrogens is 248 g/mol. The molecular formula is C17H32N2O. The lowest BCUT2D eigenvalue weighted by Gasteiger charge is -2.39. The first kappa shape index (κ1) is 16.0. The Balaban J connectivity index is 1.68. The fourth-order valence-electron chi connectivity index (χ4n) is 3.73. The molecule has 0 unspecified atom stereocenters. The van der Waals surface area contributed by atoms with E-state index in [0.717, 1.165) is 44.4 Å². The van der Waals surface area contributed by atoms with E-state index in [4.69, 9.17) is 0 Å². The quantitative estimate of drug-likeness (QED) is 0.773. The summed E-state index contributed by atoms with van der Waals surface area (Å²) in [5.41, 5.74) is 0. The van der Waals surface area contributed by atoms with Crippen molar-refractivity contribution in [3.63, 3.8) is 0 Å².